The molecule has 0 radical (unpaired) electrons. The van der Waals surface area contributed by atoms with Crippen molar-refractivity contribution in [2.24, 2.45) is 0 Å². The Hall–Kier alpha value is -4.06. The second kappa shape index (κ2) is 10.5. The summed E-state index contributed by atoms with van der Waals surface area (Å²) >= 11 is 8.90. The Morgan fingerprint density at radius 2 is 1.05 bits per heavy atom. The third-order valence-corrected chi connectivity index (χ3v) is 6.91. The molecular formula is C25H18ClN7O2S2. The molecule has 9 nitrogen and oxygen atoms in total. The van der Waals surface area contributed by atoms with Crippen molar-refractivity contribution < 1.29 is 9.59 Å². The first-order chi connectivity index (χ1) is 17.8. The molecule has 3 heterocycles. The molecule has 0 saturated carbocycles. The average molecular weight is 548 g/mol. The van der Waals surface area contributed by atoms with E-state index in [1.807, 2.05) is 35.0 Å². The predicted molar refractivity (Wildman–Crippen MR) is 147 cm³/mol. The zero-order chi connectivity index (χ0) is 25.9. The Morgan fingerprint density at radius 1 is 0.649 bits per heavy atom. The van der Waals surface area contributed by atoms with E-state index < -0.39 is 0 Å². The lowest BCUT2D eigenvalue weighted by Gasteiger charge is -2.05. The summed E-state index contributed by atoms with van der Waals surface area (Å²) in [4.78, 5) is 44.8. The summed E-state index contributed by atoms with van der Waals surface area (Å²) in [6.45, 7) is 3.07. The molecule has 37 heavy (non-hydrogen) atoms. The van der Waals surface area contributed by atoms with E-state index >= 15 is 0 Å². The highest BCUT2D eigenvalue weighted by Gasteiger charge is 2.12. The van der Waals surface area contributed by atoms with Crippen LogP contribution in [0.2, 0.25) is 5.28 Å². The molecule has 184 valence electrons. The molecule has 0 spiro atoms. The van der Waals surface area contributed by atoms with E-state index in [4.69, 9.17) is 11.6 Å². The van der Waals surface area contributed by atoms with Gasteiger partial charge < -0.3 is 0 Å². The minimum atomic E-state index is 0.00759. The van der Waals surface area contributed by atoms with E-state index in [0.29, 0.717) is 21.4 Å². The first-order valence-electron chi connectivity index (χ1n) is 10.9. The van der Waals surface area contributed by atoms with Crippen LogP contribution in [-0.2, 0) is 0 Å². The highest BCUT2D eigenvalue weighted by molar-refractivity contribution is 7.14. The Bertz CT molecular complexity index is 1480. The van der Waals surface area contributed by atoms with Gasteiger partial charge in [-0.2, -0.15) is 15.0 Å². The molecule has 0 atom stereocenters. The van der Waals surface area contributed by atoms with E-state index in [9.17, 15) is 9.59 Å². The quantitative estimate of drug-likeness (QED) is 0.205. The van der Waals surface area contributed by atoms with Gasteiger partial charge in [-0.05, 0) is 25.4 Å². The lowest BCUT2D eigenvalue weighted by molar-refractivity contribution is 0.100. The molecule has 2 aromatic carbocycles. The van der Waals surface area contributed by atoms with Gasteiger partial charge in [0, 0.05) is 33.0 Å². The third kappa shape index (κ3) is 5.85. The topological polar surface area (TPSA) is 123 Å². The van der Waals surface area contributed by atoms with Crippen molar-refractivity contribution in [3.63, 3.8) is 0 Å². The van der Waals surface area contributed by atoms with Crippen LogP contribution in [0.1, 0.15) is 34.6 Å². The van der Waals surface area contributed by atoms with Gasteiger partial charge in [0.1, 0.15) is 0 Å². The van der Waals surface area contributed by atoms with Gasteiger partial charge in [-0.15, -0.1) is 22.7 Å². The summed E-state index contributed by atoms with van der Waals surface area (Å²) in [5, 5.41) is 11.1. The number of carbonyl (C=O) groups is 2. The fraction of sp³-hybridized carbons (Fsp3) is 0.0800. The van der Waals surface area contributed by atoms with Crippen molar-refractivity contribution in [1.82, 2.24) is 24.9 Å². The van der Waals surface area contributed by atoms with E-state index in [0.717, 1.165) is 22.5 Å². The number of hydrogen-bond acceptors (Lipinski definition) is 11. The maximum absolute atomic E-state index is 11.5. The molecule has 0 saturated heterocycles. The number of nitrogens with one attached hydrogen (secondary N) is 2. The van der Waals surface area contributed by atoms with Gasteiger partial charge in [0.25, 0.3) is 0 Å². The molecule has 0 bridgehead atoms. The number of carbonyl (C=O) groups excluding carboxylic acids is 2. The summed E-state index contributed by atoms with van der Waals surface area (Å²) in [5.41, 5.74) is 4.59. The van der Waals surface area contributed by atoms with Crippen molar-refractivity contribution in [3.05, 3.63) is 75.7 Å². The van der Waals surface area contributed by atoms with Crippen LogP contribution in [0.5, 0.6) is 0 Å². The first-order valence-corrected chi connectivity index (χ1v) is 13.1. The van der Waals surface area contributed by atoms with Gasteiger partial charge in [0.15, 0.2) is 21.8 Å². The Labute approximate surface area is 224 Å². The van der Waals surface area contributed by atoms with Gasteiger partial charge >= 0.3 is 0 Å². The Kier molecular flexibility index (Phi) is 6.99. The summed E-state index contributed by atoms with van der Waals surface area (Å²) in [6.07, 6.45) is 0. The molecular weight excluding hydrogens is 530 g/mol. The number of aromatic nitrogens is 5. The average Bonchev–Trinajstić information content (AvgIpc) is 3.54. The number of halogens is 1. The molecule has 2 N–H and O–H groups in total. The lowest BCUT2D eigenvalue weighted by Crippen LogP contribution is -2.03. The largest absolute Gasteiger partial charge is 0.300 e. The van der Waals surface area contributed by atoms with Crippen molar-refractivity contribution in [1.29, 1.82) is 0 Å². The minimum Gasteiger partial charge on any atom is -0.300 e. The first kappa shape index (κ1) is 24.6. The highest BCUT2D eigenvalue weighted by atomic mass is 35.5. The smallest absolute Gasteiger partial charge is 0.235 e. The van der Waals surface area contributed by atoms with E-state index in [-0.39, 0.29) is 28.7 Å². The monoisotopic (exact) mass is 547 g/mol. The van der Waals surface area contributed by atoms with Crippen LogP contribution < -0.4 is 10.6 Å². The van der Waals surface area contributed by atoms with Crippen molar-refractivity contribution in [2.75, 3.05) is 10.6 Å². The molecule has 0 aliphatic carbocycles. The number of ketones is 2. The fourth-order valence-electron chi connectivity index (χ4n) is 3.33. The highest BCUT2D eigenvalue weighted by Crippen LogP contribution is 2.29. The van der Waals surface area contributed by atoms with Crippen LogP contribution in [0.25, 0.3) is 22.5 Å². The number of thiazole rings is 2. The van der Waals surface area contributed by atoms with E-state index in [2.05, 4.69) is 35.6 Å². The summed E-state index contributed by atoms with van der Waals surface area (Å²) in [7, 11) is 0. The molecule has 0 unspecified atom stereocenters. The molecule has 0 amide bonds. The van der Waals surface area contributed by atoms with Gasteiger partial charge in [0.05, 0.1) is 11.4 Å². The number of benzene rings is 2. The summed E-state index contributed by atoms with van der Waals surface area (Å²) in [6, 6.07) is 14.5. The van der Waals surface area contributed by atoms with Gasteiger partial charge in [0.2, 0.25) is 17.2 Å². The number of nitrogens with zero attached hydrogens (tertiary/aromatic N) is 5. The number of rotatable bonds is 8. The molecule has 0 fully saturated rings. The predicted octanol–water partition coefficient (Wildman–Crippen LogP) is 6.66. The van der Waals surface area contributed by atoms with Crippen molar-refractivity contribution in [3.8, 4) is 22.5 Å². The molecule has 5 aromatic rings. The third-order valence-electron chi connectivity index (χ3n) is 5.23. The Balaban J connectivity index is 1.29. The van der Waals surface area contributed by atoms with Crippen LogP contribution in [0.15, 0.2) is 59.3 Å². The zero-order valence-electron chi connectivity index (χ0n) is 19.5. The summed E-state index contributed by atoms with van der Waals surface area (Å²) < 4.78 is 0. The minimum absolute atomic E-state index is 0.00759. The van der Waals surface area contributed by atoms with Crippen LogP contribution >= 0.6 is 34.3 Å². The summed E-state index contributed by atoms with van der Waals surface area (Å²) in [5.74, 6) is 0.486. The van der Waals surface area contributed by atoms with Gasteiger partial charge in [-0.25, -0.2) is 9.97 Å². The standard InChI is InChI=1S/C25H18ClN7O2S2/c1-13(34)15-3-7-17(8-4-15)19-11-36-24(27-19)32-22-29-21(26)30-23(31-22)33-25-28-20(12-37-25)18-9-5-16(6-10-18)14(2)35/h3-12H,1-2H3,(H2,27,28,29,30,31,32,33). The maximum Gasteiger partial charge on any atom is 0.235 e. The maximum atomic E-state index is 11.5. The number of Topliss-reactive ketones (excluding diaryl/α,β-unsaturated/α-hetero) is 2. The SMILES string of the molecule is CC(=O)c1ccc(-c2csc(Nc3nc(Cl)nc(Nc4nc(-c5ccc(C(C)=O)cc5)cs4)n3)n2)cc1. The molecule has 5 rings (SSSR count). The van der Waals surface area contributed by atoms with Gasteiger partial charge in [-0.1, -0.05) is 48.5 Å². The molecule has 12 heteroatoms. The van der Waals surface area contributed by atoms with Crippen LogP contribution in [-0.4, -0.2) is 36.5 Å². The van der Waals surface area contributed by atoms with E-state index in [1.165, 1.54) is 36.5 Å². The van der Waals surface area contributed by atoms with Crippen LogP contribution in [0, 0.1) is 0 Å². The molecule has 0 aliphatic heterocycles. The second-order valence-electron chi connectivity index (χ2n) is 7.84. The zero-order valence-corrected chi connectivity index (χ0v) is 21.9. The van der Waals surface area contributed by atoms with Crippen molar-refractivity contribution in [2.45, 2.75) is 13.8 Å². The molecule has 3 aromatic heterocycles. The Morgan fingerprint density at radius 3 is 1.43 bits per heavy atom. The number of hydrogen-bond donors (Lipinski definition) is 2. The normalized spacial score (nSPS) is 10.8. The lowest BCUT2D eigenvalue weighted by atomic mass is 10.1. The molecule has 0 aliphatic rings. The number of anilines is 4. The van der Waals surface area contributed by atoms with Gasteiger partial charge in [-0.3, -0.25) is 20.2 Å². The second-order valence-corrected chi connectivity index (χ2v) is 9.90. The fourth-order valence-corrected chi connectivity index (χ4v) is 4.92. The van der Waals surface area contributed by atoms with Crippen molar-refractivity contribution >= 4 is 68.0 Å². The van der Waals surface area contributed by atoms with Crippen LogP contribution in [0.3, 0.4) is 0 Å². The van der Waals surface area contributed by atoms with E-state index in [1.54, 1.807) is 24.3 Å². The van der Waals surface area contributed by atoms with Crippen LogP contribution in [0.4, 0.5) is 22.2 Å².